The highest BCUT2D eigenvalue weighted by Gasteiger charge is 2.23. The number of phenolic OH excluding ortho intramolecular Hbond substituents is 1. The van der Waals surface area contributed by atoms with E-state index in [2.05, 4.69) is 24.1 Å². The van der Waals surface area contributed by atoms with Crippen LogP contribution >= 0.6 is 0 Å². The Hall–Kier alpha value is -1.06. The van der Waals surface area contributed by atoms with Crippen LogP contribution < -0.4 is 5.32 Å². The summed E-state index contributed by atoms with van der Waals surface area (Å²) in [4.78, 5) is 2.54. The molecule has 1 aliphatic rings. The van der Waals surface area contributed by atoms with E-state index in [-0.39, 0.29) is 0 Å². The minimum Gasteiger partial charge on any atom is -0.508 e. The summed E-state index contributed by atoms with van der Waals surface area (Å²) < 4.78 is 0. The molecule has 2 N–H and O–H groups in total. The Bertz CT molecular complexity index is 350. The Morgan fingerprint density at radius 1 is 1.41 bits per heavy atom. The van der Waals surface area contributed by atoms with Crippen molar-refractivity contribution in [1.82, 2.24) is 10.2 Å². The van der Waals surface area contributed by atoms with Crippen molar-refractivity contribution in [2.45, 2.75) is 32.4 Å². The number of benzene rings is 1. The zero-order valence-corrected chi connectivity index (χ0v) is 10.7. The van der Waals surface area contributed by atoms with E-state index in [4.69, 9.17) is 0 Å². The van der Waals surface area contributed by atoms with E-state index in [1.54, 1.807) is 12.1 Å². The summed E-state index contributed by atoms with van der Waals surface area (Å²) in [5.74, 6) is 0.345. The second-order valence-corrected chi connectivity index (χ2v) is 4.87. The van der Waals surface area contributed by atoms with Gasteiger partial charge in [0.15, 0.2) is 0 Å². The molecule has 0 aromatic heterocycles. The lowest BCUT2D eigenvalue weighted by Crippen LogP contribution is -2.50. The molecule has 1 heterocycles. The third-order valence-corrected chi connectivity index (χ3v) is 3.51. The van der Waals surface area contributed by atoms with Gasteiger partial charge in [-0.15, -0.1) is 0 Å². The van der Waals surface area contributed by atoms with Crippen LogP contribution in [0.2, 0.25) is 0 Å². The summed E-state index contributed by atoms with van der Waals surface area (Å²) >= 11 is 0. The second kappa shape index (κ2) is 5.52. The maximum absolute atomic E-state index is 9.34. The van der Waals surface area contributed by atoms with Gasteiger partial charge in [-0.3, -0.25) is 4.90 Å². The van der Waals surface area contributed by atoms with Crippen LogP contribution in [0.15, 0.2) is 24.3 Å². The number of hydrogen-bond acceptors (Lipinski definition) is 3. The van der Waals surface area contributed by atoms with Gasteiger partial charge in [-0.2, -0.15) is 0 Å². The van der Waals surface area contributed by atoms with E-state index in [0.717, 1.165) is 26.1 Å². The van der Waals surface area contributed by atoms with Crippen molar-refractivity contribution in [2.75, 3.05) is 19.6 Å². The molecule has 1 aliphatic heterocycles. The molecule has 1 saturated heterocycles. The van der Waals surface area contributed by atoms with Crippen LogP contribution in [0.1, 0.15) is 31.9 Å². The van der Waals surface area contributed by atoms with Gasteiger partial charge in [0.1, 0.15) is 5.75 Å². The van der Waals surface area contributed by atoms with Crippen LogP contribution in [0.3, 0.4) is 0 Å². The van der Waals surface area contributed by atoms with E-state index in [1.807, 2.05) is 12.1 Å². The highest BCUT2D eigenvalue weighted by Crippen LogP contribution is 2.26. The fourth-order valence-corrected chi connectivity index (χ4v) is 2.65. The minimum atomic E-state index is 0.345. The SMILES string of the molecule is CCC(c1ccc(O)cc1)N1CCNC(C)C1. The van der Waals surface area contributed by atoms with Gasteiger partial charge >= 0.3 is 0 Å². The average Bonchev–Trinajstić information content (AvgIpc) is 2.33. The molecule has 0 bridgehead atoms. The largest absolute Gasteiger partial charge is 0.508 e. The third-order valence-electron chi connectivity index (χ3n) is 3.51. The van der Waals surface area contributed by atoms with E-state index in [9.17, 15) is 5.11 Å². The fourth-order valence-electron chi connectivity index (χ4n) is 2.65. The molecule has 3 nitrogen and oxygen atoms in total. The third kappa shape index (κ3) is 2.99. The zero-order chi connectivity index (χ0) is 12.3. The van der Waals surface area contributed by atoms with Gasteiger partial charge in [-0.05, 0) is 31.0 Å². The van der Waals surface area contributed by atoms with Crippen molar-refractivity contribution in [3.05, 3.63) is 29.8 Å². The first-order valence-electron chi connectivity index (χ1n) is 6.47. The van der Waals surface area contributed by atoms with Crippen molar-refractivity contribution in [1.29, 1.82) is 0 Å². The Morgan fingerprint density at radius 2 is 2.12 bits per heavy atom. The lowest BCUT2D eigenvalue weighted by molar-refractivity contribution is 0.145. The van der Waals surface area contributed by atoms with Gasteiger partial charge in [0.05, 0.1) is 0 Å². The van der Waals surface area contributed by atoms with Crippen molar-refractivity contribution >= 4 is 0 Å². The first-order valence-corrected chi connectivity index (χ1v) is 6.47. The highest BCUT2D eigenvalue weighted by atomic mass is 16.3. The standard InChI is InChI=1S/C14H22N2O/c1-3-14(12-4-6-13(17)7-5-12)16-9-8-15-11(2)10-16/h4-7,11,14-15,17H,3,8-10H2,1-2H3. The fraction of sp³-hybridized carbons (Fsp3) is 0.571. The highest BCUT2D eigenvalue weighted by molar-refractivity contribution is 5.28. The second-order valence-electron chi connectivity index (χ2n) is 4.87. The minimum absolute atomic E-state index is 0.345. The topological polar surface area (TPSA) is 35.5 Å². The lowest BCUT2D eigenvalue weighted by atomic mass is 10.0. The summed E-state index contributed by atoms with van der Waals surface area (Å²) in [7, 11) is 0. The number of hydrogen-bond donors (Lipinski definition) is 2. The Balaban J connectivity index is 2.12. The molecule has 0 radical (unpaired) electrons. The summed E-state index contributed by atoms with van der Waals surface area (Å²) in [5, 5.41) is 12.8. The summed E-state index contributed by atoms with van der Waals surface area (Å²) in [5.41, 5.74) is 1.31. The van der Waals surface area contributed by atoms with Crippen LogP contribution in [-0.2, 0) is 0 Å². The van der Waals surface area contributed by atoms with E-state index in [0.29, 0.717) is 17.8 Å². The molecular weight excluding hydrogens is 212 g/mol. The number of piperazine rings is 1. The molecule has 0 saturated carbocycles. The van der Waals surface area contributed by atoms with Crippen molar-refractivity contribution in [2.24, 2.45) is 0 Å². The van der Waals surface area contributed by atoms with Gasteiger partial charge in [-0.1, -0.05) is 19.1 Å². The van der Waals surface area contributed by atoms with E-state index in [1.165, 1.54) is 5.56 Å². The molecule has 2 rings (SSSR count). The normalized spacial score (nSPS) is 23.5. The van der Waals surface area contributed by atoms with Crippen LogP contribution in [-0.4, -0.2) is 35.7 Å². The average molecular weight is 234 g/mol. The number of nitrogens with zero attached hydrogens (tertiary/aromatic N) is 1. The monoisotopic (exact) mass is 234 g/mol. The molecule has 0 spiro atoms. The summed E-state index contributed by atoms with van der Waals surface area (Å²) in [6.45, 7) is 7.72. The van der Waals surface area contributed by atoms with Crippen LogP contribution in [0.25, 0.3) is 0 Å². The predicted octanol–water partition coefficient (Wildman–Crippen LogP) is 2.14. The van der Waals surface area contributed by atoms with Crippen molar-refractivity contribution < 1.29 is 5.11 Å². The Labute approximate surface area is 103 Å². The van der Waals surface area contributed by atoms with Gasteiger partial charge in [0.25, 0.3) is 0 Å². The maximum atomic E-state index is 9.34. The lowest BCUT2D eigenvalue weighted by Gasteiger charge is -2.37. The molecule has 17 heavy (non-hydrogen) atoms. The quantitative estimate of drug-likeness (QED) is 0.841. The number of phenols is 1. The smallest absolute Gasteiger partial charge is 0.115 e. The zero-order valence-electron chi connectivity index (χ0n) is 10.7. The predicted molar refractivity (Wildman–Crippen MR) is 70.2 cm³/mol. The molecule has 94 valence electrons. The molecule has 3 heteroatoms. The van der Waals surface area contributed by atoms with E-state index < -0.39 is 0 Å². The van der Waals surface area contributed by atoms with Gasteiger partial charge in [0.2, 0.25) is 0 Å². The molecular formula is C14H22N2O. The van der Waals surface area contributed by atoms with Crippen LogP contribution in [0, 0.1) is 0 Å². The summed E-state index contributed by atoms with van der Waals surface area (Å²) in [6, 6.07) is 8.68. The summed E-state index contributed by atoms with van der Waals surface area (Å²) in [6.07, 6.45) is 1.11. The number of rotatable bonds is 3. The molecule has 1 fully saturated rings. The van der Waals surface area contributed by atoms with Crippen LogP contribution in [0.4, 0.5) is 0 Å². The maximum Gasteiger partial charge on any atom is 0.115 e. The van der Waals surface area contributed by atoms with E-state index >= 15 is 0 Å². The van der Waals surface area contributed by atoms with Crippen LogP contribution in [0.5, 0.6) is 5.75 Å². The molecule has 0 amide bonds. The number of aromatic hydroxyl groups is 1. The van der Waals surface area contributed by atoms with Gasteiger partial charge < -0.3 is 10.4 Å². The van der Waals surface area contributed by atoms with Crippen molar-refractivity contribution in [3.8, 4) is 5.75 Å². The Kier molecular flexibility index (Phi) is 4.02. The van der Waals surface area contributed by atoms with Gasteiger partial charge in [-0.25, -0.2) is 0 Å². The number of nitrogens with one attached hydrogen (secondary N) is 1. The molecule has 1 aromatic carbocycles. The molecule has 2 unspecified atom stereocenters. The molecule has 0 aliphatic carbocycles. The first-order chi connectivity index (χ1) is 8.20. The van der Waals surface area contributed by atoms with Gasteiger partial charge in [0, 0.05) is 31.7 Å². The molecule has 2 atom stereocenters. The first kappa shape index (κ1) is 12.4. The molecule has 1 aromatic rings. The van der Waals surface area contributed by atoms with Crippen molar-refractivity contribution in [3.63, 3.8) is 0 Å². The Morgan fingerprint density at radius 3 is 2.71 bits per heavy atom.